The van der Waals surface area contributed by atoms with Crippen LogP contribution in [0.1, 0.15) is 0 Å². The molecule has 0 saturated heterocycles. The van der Waals surface area contributed by atoms with Gasteiger partial charge < -0.3 is 184 Å². The van der Waals surface area contributed by atoms with Gasteiger partial charge in [-0.2, -0.15) is 0 Å². The fourth-order valence-electron chi connectivity index (χ4n) is 0. The first-order valence-electron chi connectivity index (χ1n) is 6.57. The zero-order chi connectivity index (χ0) is 42.9. The van der Waals surface area contributed by atoms with E-state index in [0.717, 1.165) is 0 Å². The van der Waals surface area contributed by atoms with Crippen LogP contribution in [0.4, 0.5) is 0 Å². The van der Waals surface area contributed by atoms with Crippen molar-refractivity contribution in [3.63, 3.8) is 0 Å². The van der Waals surface area contributed by atoms with Crippen molar-refractivity contribution >= 4 is 69.2 Å². The van der Waals surface area contributed by atoms with E-state index >= 15 is 0 Å². The van der Waals surface area contributed by atoms with Gasteiger partial charge in [-0.05, 0) is 0 Å². The molecule has 0 aliphatic rings. The normalized spacial score (nSPS) is 5.43. The average molecular weight is 1160 g/mol. The molecule has 0 heterocycles. The van der Waals surface area contributed by atoms with Crippen LogP contribution in [0.2, 0.25) is 0 Å². The molecule has 0 spiro atoms. The minimum Gasteiger partial charge on any atom is -0.356 e. The van der Waals surface area contributed by atoms with Crippen molar-refractivity contribution in [3.8, 4) is 0 Å². The summed E-state index contributed by atoms with van der Waals surface area (Å²) in [6.07, 6.45) is 0. The Labute approximate surface area is 403 Å². The van der Waals surface area contributed by atoms with E-state index in [0.29, 0.717) is 0 Å². The van der Waals surface area contributed by atoms with Gasteiger partial charge in [-0.3, -0.25) is 0 Å². The average Bonchev–Trinajstić information content (AvgIpc) is 2.61. The van der Waals surface area contributed by atoms with Gasteiger partial charge in [0.05, 0.1) is 61.0 Å². The molecular formula is Mg3N12O36Yb2-2. The molecule has 48 nitrogen and oxygen atoms in total. The minimum absolute atomic E-state index is 0. The summed E-state index contributed by atoms with van der Waals surface area (Å²) in [4.78, 5) is 99.0. The number of nitrogens with zero attached hydrogens (tertiary/aromatic N) is 12. The third kappa shape index (κ3) is 5500. The standard InChI is InChI=1S/3Mg.12NO3.2Yb/c;;;12*2-1(3)4;;/q3*+2;12*-1;2*+2. The molecule has 0 aromatic rings. The summed E-state index contributed by atoms with van der Waals surface area (Å²) in [5.74, 6) is 0. The maximum absolute atomic E-state index is 8.25. The smallest absolute Gasteiger partial charge is 0.356 e. The van der Waals surface area contributed by atoms with Gasteiger partial charge >= 0.3 is 163 Å². The largest absolute Gasteiger partial charge is 2.00 e. The maximum atomic E-state index is 8.25. The molecule has 0 amide bonds. The van der Waals surface area contributed by atoms with Gasteiger partial charge in [-0.15, -0.1) is 0 Å². The molecule has 0 N–H and O–H groups in total. The Bertz CT molecular complexity index is 602. The molecular weight excluding hydrogens is 1160 g/mol. The van der Waals surface area contributed by atoms with E-state index in [9.17, 15) is 0 Å². The van der Waals surface area contributed by atoms with Crippen LogP contribution in [0.15, 0.2) is 0 Å². The Hall–Kier alpha value is -4.26. The summed E-state index contributed by atoms with van der Waals surface area (Å²) in [7, 11) is 0. The van der Waals surface area contributed by atoms with Crippen LogP contribution in [0.3, 0.4) is 0 Å². The topological polar surface area (TPSA) is 794 Å². The molecule has 53 heavy (non-hydrogen) atoms. The molecule has 0 aromatic carbocycles. The molecule has 0 unspecified atom stereocenters. The Balaban J connectivity index is -0.0000000176. The second-order valence-corrected chi connectivity index (χ2v) is 2.68. The van der Waals surface area contributed by atoms with Crippen molar-refractivity contribution in [1.82, 2.24) is 0 Å². The summed E-state index contributed by atoms with van der Waals surface area (Å²) in [6, 6.07) is 0. The van der Waals surface area contributed by atoms with Gasteiger partial charge in [0.15, 0.2) is 0 Å². The van der Waals surface area contributed by atoms with E-state index in [1.54, 1.807) is 0 Å². The van der Waals surface area contributed by atoms with Crippen molar-refractivity contribution in [3.05, 3.63) is 184 Å². The monoisotopic (exact) mass is 1160 g/mol. The third-order valence-electron chi connectivity index (χ3n) is 0. The molecule has 53 heteroatoms. The fraction of sp³-hybridized carbons (Fsp3) is 0. The first-order chi connectivity index (χ1) is 20.8. The first kappa shape index (κ1) is 110. The Morgan fingerprint density at radius 3 is 0.151 bits per heavy atom. The molecule has 0 rings (SSSR count). The summed E-state index contributed by atoms with van der Waals surface area (Å²) in [5.41, 5.74) is 0. The quantitative estimate of drug-likeness (QED) is 0.127. The van der Waals surface area contributed by atoms with E-state index in [2.05, 4.69) is 0 Å². The number of hydrogen-bond acceptors (Lipinski definition) is 36. The van der Waals surface area contributed by atoms with Gasteiger partial charge in [-0.25, -0.2) is 0 Å². The second-order valence-electron chi connectivity index (χ2n) is 2.68. The fourth-order valence-corrected chi connectivity index (χ4v) is 0. The van der Waals surface area contributed by atoms with Crippen molar-refractivity contribution < 1.29 is 155 Å². The van der Waals surface area contributed by atoms with Crippen LogP contribution in [0.5, 0.6) is 0 Å². The molecule has 0 aliphatic heterocycles. The molecule has 0 bridgehead atoms. The summed E-state index contributed by atoms with van der Waals surface area (Å²) in [6.45, 7) is 0. The van der Waals surface area contributed by atoms with Gasteiger partial charge in [0, 0.05) is 0 Å². The van der Waals surface area contributed by atoms with E-state index in [1.807, 2.05) is 0 Å². The second kappa shape index (κ2) is 104. The van der Waals surface area contributed by atoms with Gasteiger partial charge in [0.1, 0.15) is 0 Å². The van der Waals surface area contributed by atoms with Crippen LogP contribution in [-0.4, -0.2) is 130 Å². The van der Waals surface area contributed by atoms with E-state index < -0.39 is 61.0 Å². The van der Waals surface area contributed by atoms with Crippen LogP contribution < -0.4 is 0 Å². The van der Waals surface area contributed by atoms with Crippen molar-refractivity contribution in [2.24, 2.45) is 0 Å². The predicted molar refractivity (Wildman–Crippen MR) is 142 cm³/mol. The molecule has 0 aliphatic carbocycles. The minimum atomic E-state index is -1.75. The summed E-state index contributed by atoms with van der Waals surface area (Å²) < 4.78 is 0. The molecule has 0 fully saturated rings. The van der Waals surface area contributed by atoms with E-state index in [4.69, 9.17) is 184 Å². The molecule has 0 atom stereocenters. The van der Waals surface area contributed by atoms with E-state index in [1.165, 1.54) is 0 Å². The summed E-state index contributed by atoms with van der Waals surface area (Å²) >= 11 is 0. The first-order valence-corrected chi connectivity index (χ1v) is 6.57. The molecule has 0 saturated carbocycles. The molecule has 0 radical (unpaired) electrons. The SMILES string of the molecule is O=[N+]([O-])[O-].O=[N+]([O-])[O-].O=[N+]([O-])[O-].O=[N+]([O-])[O-].O=[N+]([O-])[O-].O=[N+]([O-])[O-].O=[N+]([O-])[O-].O=[N+]([O-])[O-].O=[N+]([O-])[O-].O=[N+]([O-])[O-].O=[N+]([O-])[O-].O=[N+]([O-])[O-].[Mg+2].[Mg+2].[Mg+2].[Yb+2].[Yb+2]. The van der Waals surface area contributed by atoms with Crippen molar-refractivity contribution in [1.29, 1.82) is 0 Å². The van der Waals surface area contributed by atoms with Crippen LogP contribution in [-0.2, 0) is 0 Å². The van der Waals surface area contributed by atoms with Gasteiger partial charge in [-0.1, -0.05) is 0 Å². The Morgan fingerprint density at radius 2 is 0.151 bits per heavy atom. The zero-order valence-electron chi connectivity index (χ0n) is 22.7. The third-order valence-corrected chi connectivity index (χ3v) is 0. The van der Waals surface area contributed by atoms with Gasteiger partial charge in [0.2, 0.25) is 0 Å². The van der Waals surface area contributed by atoms with Crippen LogP contribution >= 0.6 is 0 Å². The zero-order valence-corrected chi connectivity index (χ0v) is 30.4. The van der Waals surface area contributed by atoms with Crippen molar-refractivity contribution in [2.45, 2.75) is 0 Å². The molecule has 312 valence electrons. The number of hydrogen-bond donors (Lipinski definition) is 0. The van der Waals surface area contributed by atoms with Crippen molar-refractivity contribution in [2.75, 3.05) is 0 Å². The van der Waals surface area contributed by atoms with E-state index in [-0.39, 0.29) is 163 Å². The Kier molecular flexibility index (Phi) is 215. The molecule has 0 aromatic heterocycles. The van der Waals surface area contributed by atoms with Gasteiger partial charge in [0.25, 0.3) is 0 Å². The number of rotatable bonds is 0. The maximum Gasteiger partial charge on any atom is 2.00 e. The van der Waals surface area contributed by atoms with Crippen LogP contribution in [0, 0.1) is 278 Å². The predicted octanol–water partition coefficient (Wildman–Crippen LogP) is -4.01. The van der Waals surface area contributed by atoms with Crippen LogP contribution in [0.25, 0.3) is 0 Å². The summed E-state index contributed by atoms with van der Waals surface area (Å²) in [5, 5.41) is 177. The Morgan fingerprint density at radius 1 is 0.151 bits per heavy atom.